The molecule has 17 heavy (non-hydrogen) atoms. The number of rotatable bonds is 4. The molecule has 1 N–H and O–H groups in total. The van der Waals surface area contributed by atoms with Crippen LogP contribution in [-0.2, 0) is 9.53 Å². The monoisotopic (exact) mass is 242 g/mol. The molecule has 98 valence electrons. The summed E-state index contributed by atoms with van der Waals surface area (Å²) >= 11 is 0. The highest BCUT2D eigenvalue weighted by molar-refractivity contribution is 5.76. The van der Waals surface area contributed by atoms with Gasteiger partial charge in [0.15, 0.2) is 0 Å². The molecule has 0 aromatic heterocycles. The summed E-state index contributed by atoms with van der Waals surface area (Å²) < 4.78 is 4.94. The molecule has 1 aliphatic heterocycles. The molecule has 0 aromatic carbocycles. The van der Waals surface area contributed by atoms with Gasteiger partial charge in [-0.05, 0) is 26.2 Å². The number of hydrogen-bond donors (Lipinski definition) is 1. The molecule has 0 atom stereocenters. The molecular formula is C12H22N2O3. The Labute approximate surface area is 102 Å². The van der Waals surface area contributed by atoms with Crippen molar-refractivity contribution < 1.29 is 14.3 Å². The van der Waals surface area contributed by atoms with Gasteiger partial charge in [0, 0.05) is 25.6 Å². The Morgan fingerprint density at radius 3 is 2.47 bits per heavy atom. The zero-order valence-corrected chi connectivity index (χ0v) is 10.7. The van der Waals surface area contributed by atoms with Crippen molar-refractivity contribution in [3.63, 3.8) is 0 Å². The maximum Gasteiger partial charge on any atom is 0.409 e. The summed E-state index contributed by atoms with van der Waals surface area (Å²) in [7, 11) is 0. The van der Waals surface area contributed by atoms with Crippen LogP contribution in [0.1, 0.15) is 39.5 Å². The van der Waals surface area contributed by atoms with Crippen LogP contribution in [0.5, 0.6) is 0 Å². The molecule has 1 saturated heterocycles. The third-order valence-corrected chi connectivity index (χ3v) is 2.86. The maximum atomic E-state index is 11.4. The zero-order valence-electron chi connectivity index (χ0n) is 10.7. The minimum Gasteiger partial charge on any atom is -0.450 e. The van der Waals surface area contributed by atoms with Crippen molar-refractivity contribution in [3.05, 3.63) is 0 Å². The largest absolute Gasteiger partial charge is 0.450 e. The second-order valence-electron chi connectivity index (χ2n) is 4.28. The van der Waals surface area contributed by atoms with Crippen LogP contribution in [0.25, 0.3) is 0 Å². The molecule has 0 bridgehead atoms. The van der Waals surface area contributed by atoms with Crippen molar-refractivity contribution >= 4 is 12.0 Å². The van der Waals surface area contributed by atoms with E-state index in [9.17, 15) is 9.59 Å². The summed E-state index contributed by atoms with van der Waals surface area (Å²) in [6.45, 7) is 5.52. The zero-order chi connectivity index (χ0) is 12.7. The van der Waals surface area contributed by atoms with E-state index in [1.807, 2.05) is 6.92 Å². The van der Waals surface area contributed by atoms with Crippen molar-refractivity contribution in [2.75, 3.05) is 19.7 Å². The van der Waals surface area contributed by atoms with Crippen LogP contribution >= 0.6 is 0 Å². The van der Waals surface area contributed by atoms with Crippen molar-refractivity contribution in [2.45, 2.75) is 45.6 Å². The van der Waals surface area contributed by atoms with Gasteiger partial charge in [-0.1, -0.05) is 6.92 Å². The fraction of sp³-hybridized carbons (Fsp3) is 0.833. The van der Waals surface area contributed by atoms with Gasteiger partial charge in [-0.2, -0.15) is 0 Å². The van der Waals surface area contributed by atoms with E-state index in [-0.39, 0.29) is 18.0 Å². The molecule has 1 aliphatic rings. The van der Waals surface area contributed by atoms with Gasteiger partial charge in [0.2, 0.25) is 5.91 Å². The van der Waals surface area contributed by atoms with Crippen LogP contribution in [-0.4, -0.2) is 42.6 Å². The summed E-state index contributed by atoms with van der Waals surface area (Å²) in [5, 5.41) is 2.99. The summed E-state index contributed by atoms with van der Waals surface area (Å²) in [5.74, 6) is 0.113. The lowest BCUT2D eigenvalue weighted by molar-refractivity contribution is -0.122. The standard InChI is InChI=1S/C12H22N2O3/c1-3-5-11(15)13-10-6-8-14(9-7-10)12(16)17-4-2/h10H,3-9H2,1-2H3,(H,13,15). The number of likely N-dealkylation sites (tertiary alicyclic amines) is 1. The molecule has 2 amide bonds. The van der Waals surface area contributed by atoms with Gasteiger partial charge in [0.25, 0.3) is 0 Å². The van der Waals surface area contributed by atoms with E-state index < -0.39 is 0 Å². The highest BCUT2D eigenvalue weighted by Crippen LogP contribution is 2.11. The molecule has 1 rings (SSSR count). The Morgan fingerprint density at radius 2 is 1.94 bits per heavy atom. The molecule has 0 aromatic rings. The molecule has 1 fully saturated rings. The van der Waals surface area contributed by atoms with Gasteiger partial charge in [-0.3, -0.25) is 4.79 Å². The molecule has 1 heterocycles. The summed E-state index contributed by atoms with van der Waals surface area (Å²) in [4.78, 5) is 24.6. The van der Waals surface area contributed by atoms with E-state index in [0.29, 0.717) is 26.1 Å². The van der Waals surface area contributed by atoms with Crippen LogP contribution in [0.4, 0.5) is 4.79 Å². The number of carbonyl (C=O) groups is 2. The number of piperidine rings is 1. The lowest BCUT2D eigenvalue weighted by Crippen LogP contribution is -2.46. The Balaban J connectivity index is 2.26. The van der Waals surface area contributed by atoms with E-state index in [1.165, 1.54) is 0 Å². The third-order valence-electron chi connectivity index (χ3n) is 2.86. The van der Waals surface area contributed by atoms with Crippen molar-refractivity contribution in [1.82, 2.24) is 10.2 Å². The first-order valence-electron chi connectivity index (χ1n) is 6.38. The molecule has 5 nitrogen and oxygen atoms in total. The highest BCUT2D eigenvalue weighted by atomic mass is 16.6. The first-order chi connectivity index (χ1) is 8.17. The van der Waals surface area contributed by atoms with Gasteiger partial charge in [0.1, 0.15) is 0 Å². The van der Waals surface area contributed by atoms with Crippen molar-refractivity contribution in [2.24, 2.45) is 0 Å². The number of carbonyl (C=O) groups excluding carboxylic acids is 2. The van der Waals surface area contributed by atoms with Gasteiger partial charge in [-0.15, -0.1) is 0 Å². The normalized spacial score (nSPS) is 16.7. The number of nitrogens with one attached hydrogen (secondary N) is 1. The van der Waals surface area contributed by atoms with Crippen LogP contribution in [0.3, 0.4) is 0 Å². The smallest absolute Gasteiger partial charge is 0.409 e. The topological polar surface area (TPSA) is 58.6 Å². The Morgan fingerprint density at radius 1 is 1.29 bits per heavy atom. The fourth-order valence-corrected chi connectivity index (χ4v) is 1.95. The first kappa shape index (κ1) is 13.8. The van der Waals surface area contributed by atoms with E-state index in [1.54, 1.807) is 11.8 Å². The highest BCUT2D eigenvalue weighted by Gasteiger charge is 2.24. The van der Waals surface area contributed by atoms with Gasteiger partial charge >= 0.3 is 6.09 Å². The predicted molar refractivity (Wildman–Crippen MR) is 64.7 cm³/mol. The lowest BCUT2D eigenvalue weighted by atomic mass is 10.1. The Hall–Kier alpha value is -1.26. The molecule has 0 aliphatic carbocycles. The van der Waals surface area contributed by atoms with Gasteiger partial charge in [-0.25, -0.2) is 4.79 Å². The quantitative estimate of drug-likeness (QED) is 0.813. The molecular weight excluding hydrogens is 220 g/mol. The number of amides is 2. The maximum absolute atomic E-state index is 11.4. The summed E-state index contributed by atoms with van der Waals surface area (Å²) in [5.41, 5.74) is 0. The number of ether oxygens (including phenoxy) is 1. The predicted octanol–water partition coefficient (Wildman–Crippen LogP) is 1.52. The second kappa shape index (κ2) is 7.14. The number of nitrogens with zero attached hydrogens (tertiary/aromatic N) is 1. The van der Waals surface area contributed by atoms with E-state index in [0.717, 1.165) is 19.3 Å². The van der Waals surface area contributed by atoms with E-state index >= 15 is 0 Å². The molecule has 0 radical (unpaired) electrons. The van der Waals surface area contributed by atoms with Crippen LogP contribution in [0.2, 0.25) is 0 Å². The van der Waals surface area contributed by atoms with Crippen LogP contribution in [0, 0.1) is 0 Å². The average Bonchev–Trinajstić information content (AvgIpc) is 2.30. The third kappa shape index (κ3) is 4.63. The van der Waals surface area contributed by atoms with Crippen LogP contribution in [0.15, 0.2) is 0 Å². The fourth-order valence-electron chi connectivity index (χ4n) is 1.95. The molecule has 0 spiro atoms. The molecule has 5 heteroatoms. The van der Waals surface area contributed by atoms with Crippen LogP contribution < -0.4 is 5.32 Å². The summed E-state index contributed by atoms with van der Waals surface area (Å²) in [6.07, 6.45) is 2.83. The lowest BCUT2D eigenvalue weighted by Gasteiger charge is -2.31. The van der Waals surface area contributed by atoms with E-state index in [2.05, 4.69) is 5.32 Å². The van der Waals surface area contributed by atoms with Gasteiger partial charge in [0.05, 0.1) is 6.61 Å². The van der Waals surface area contributed by atoms with Crippen molar-refractivity contribution in [1.29, 1.82) is 0 Å². The molecule has 0 unspecified atom stereocenters. The number of hydrogen-bond acceptors (Lipinski definition) is 3. The van der Waals surface area contributed by atoms with E-state index in [4.69, 9.17) is 4.74 Å². The van der Waals surface area contributed by atoms with Crippen molar-refractivity contribution in [3.8, 4) is 0 Å². The Bertz CT molecular complexity index is 260. The Kier molecular flexibility index (Phi) is 5.80. The molecule has 0 saturated carbocycles. The first-order valence-corrected chi connectivity index (χ1v) is 6.38. The average molecular weight is 242 g/mol. The van der Waals surface area contributed by atoms with Gasteiger partial charge < -0.3 is 15.0 Å². The second-order valence-corrected chi connectivity index (χ2v) is 4.28. The minimum absolute atomic E-state index is 0.113. The summed E-state index contributed by atoms with van der Waals surface area (Å²) in [6, 6.07) is 0.208. The SMILES string of the molecule is CCCC(=O)NC1CCN(C(=O)OCC)CC1. The minimum atomic E-state index is -0.245.